The lowest BCUT2D eigenvalue weighted by atomic mass is 10.3. The third-order valence-electron chi connectivity index (χ3n) is 5.09. The zero-order chi connectivity index (χ0) is 25.2. The molecule has 0 saturated carbocycles. The van der Waals surface area contributed by atoms with Crippen LogP contribution < -0.4 is 16.0 Å². The number of hydrogen-bond donors (Lipinski definition) is 3. The van der Waals surface area contributed by atoms with Crippen LogP contribution >= 0.6 is 101 Å². The Kier molecular flexibility index (Phi) is 14.0. The molecule has 3 atom stereocenters. The van der Waals surface area contributed by atoms with Gasteiger partial charge in [0.05, 0.1) is 32.4 Å². The van der Waals surface area contributed by atoms with E-state index in [0.717, 1.165) is 66.5 Å². The molecule has 15 heteroatoms. The largest absolute Gasteiger partial charge is 0.369 e. The number of ether oxygens (including phenoxy) is 3. The summed E-state index contributed by atoms with van der Waals surface area (Å²) in [4.78, 5) is 3.38. The third-order valence-corrected chi connectivity index (χ3v) is 14.5. The van der Waals surface area contributed by atoms with Gasteiger partial charge in [0, 0.05) is 54.0 Å². The molecule has 36 heavy (non-hydrogen) atoms. The Morgan fingerprint density at radius 2 is 0.889 bits per heavy atom. The normalized spacial score (nSPS) is 24.8. The standard InChI is InChI=1S/C21H27N3O3S9/c28-19(16-10-22-1-4-25-16)34-31-13-7-14(32-35-20(29)17-11-23-2-5-26-17)9-15(8-13)33-36-21(30)18-12-24-3-6-27-18/h7-9,16-18,22-24H,1-6,10-12H2. The summed E-state index contributed by atoms with van der Waals surface area (Å²) in [7, 11) is 9.76. The van der Waals surface area contributed by atoms with Crippen molar-refractivity contribution in [1.29, 1.82) is 0 Å². The van der Waals surface area contributed by atoms with Crippen LogP contribution in [0.15, 0.2) is 32.9 Å². The van der Waals surface area contributed by atoms with Gasteiger partial charge in [-0.25, -0.2) is 0 Å². The minimum Gasteiger partial charge on any atom is -0.369 e. The van der Waals surface area contributed by atoms with Crippen LogP contribution in [0.25, 0.3) is 0 Å². The smallest absolute Gasteiger partial charge is 0.112 e. The molecule has 0 radical (unpaired) electrons. The van der Waals surface area contributed by atoms with Crippen molar-refractivity contribution < 1.29 is 14.2 Å². The Labute approximate surface area is 252 Å². The van der Waals surface area contributed by atoms with E-state index in [-0.39, 0.29) is 18.3 Å². The van der Waals surface area contributed by atoms with Gasteiger partial charge in [-0.1, -0.05) is 69.0 Å². The van der Waals surface area contributed by atoms with Gasteiger partial charge in [-0.3, -0.25) is 0 Å². The Hall–Kier alpha value is 1.35. The van der Waals surface area contributed by atoms with E-state index in [1.165, 1.54) is 0 Å². The summed E-state index contributed by atoms with van der Waals surface area (Å²) in [6.07, 6.45) is -0.106. The highest BCUT2D eigenvalue weighted by Gasteiger charge is 2.22. The number of morpholine rings is 3. The highest BCUT2D eigenvalue weighted by molar-refractivity contribution is 8.84. The molecule has 0 amide bonds. The SMILES string of the molecule is S=C(SSc1cc(SSC(=S)C2CNCCO2)cc(SSC(=S)C2CNCCO2)c1)C1CNCCO1. The second-order valence-electron chi connectivity index (χ2n) is 7.79. The molecule has 0 spiro atoms. The fourth-order valence-electron chi connectivity index (χ4n) is 3.27. The summed E-state index contributed by atoms with van der Waals surface area (Å²) >= 11 is 16.9. The number of rotatable bonds is 9. The van der Waals surface area contributed by atoms with E-state index in [9.17, 15) is 0 Å². The average molecular weight is 658 g/mol. The monoisotopic (exact) mass is 657 g/mol. The van der Waals surface area contributed by atoms with Crippen LogP contribution in [0.4, 0.5) is 0 Å². The van der Waals surface area contributed by atoms with Crippen molar-refractivity contribution in [1.82, 2.24) is 16.0 Å². The first-order chi connectivity index (χ1) is 17.6. The quantitative estimate of drug-likeness (QED) is 0.250. The number of hydrogen-bond acceptors (Lipinski definition) is 15. The van der Waals surface area contributed by atoms with E-state index in [0.29, 0.717) is 19.8 Å². The van der Waals surface area contributed by atoms with Crippen LogP contribution in [-0.4, -0.2) is 90.0 Å². The van der Waals surface area contributed by atoms with Crippen molar-refractivity contribution in [2.75, 3.05) is 59.1 Å². The Morgan fingerprint density at radius 3 is 1.14 bits per heavy atom. The summed E-state index contributed by atoms with van der Waals surface area (Å²) in [6, 6.07) is 6.55. The Morgan fingerprint density at radius 1 is 0.583 bits per heavy atom. The molecule has 3 N–H and O–H groups in total. The third kappa shape index (κ3) is 10.1. The molecule has 3 fully saturated rings. The summed E-state index contributed by atoms with van der Waals surface area (Å²) in [5, 5.41) is 10.0. The zero-order valence-corrected chi connectivity index (χ0v) is 26.6. The molecule has 6 nitrogen and oxygen atoms in total. The molecule has 0 bridgehead atoms. The maximum Gasteiger partial charge on any atom is 0.112 e. The van der Waals surface area contributed by atoms with Crippen LogP contribution in [0.3, 0.4) is 0 Å². The van der Waals surface area contributed by atoms with Gasteiger partial charge in [0.15, 0.2) is 0 Å². The first-order valence-electron chi connectivity index (χ1n) is 11.4. The van der Waals surface area contributed by atoms with Gasteiger partial charge in [-0.2, -0.15) is 0 Å². The minimum absolute atomic E-state index is 0.0354. The lowest BCUT2D eigenvalue weighted by Crippen LogP contribution is -2.41. The maximum absolute atomic E-state index is 5.81. The fourth-order valence-corrected chi connectivity index (χ4v) is 10.7. The summed E-state index contributed by atoms with van der Waals surface area (Å²) in [6.45, 7) is 7.00. The van der Waals surface area contributed by atoms with Gasteiger partial charge in [0.1, 0.15) is 18.3 Å². The molecular formula is C21H27N3O3S9. The van der Waals surface area contributed by atoms with Crippen molar-refractivity contribution in [2.45, 2.75) is 33.0 Å². The van der Waals surface area contributed by atoms with Crippen LogP contribution in [-0.2, 0) is 14.2 Å². The van der Waals surface area contributed by atoms with Crippen molar-refractivity contribution in [3.05, 3.63) is 18.2 Å². The van der Waals surface area contributed by atoms with Gasteiger partial charge in [-0.05, 0) is 50.6 Å². The number of thiocarbonyl (C=S) groups is 3. The lowest BCUT2D eigenvalue weighted by molar-refractivity contribution is 0.0743. The predicted octanol–water partition coefficient (Wildman–Crippen LogP) is 4.85. The van der Waals surface area contributed by atoms with Gasteiger partial charge in [0.2, 0.25) is 0 Å². The van der Waals surface area contributed by atoms with E-state index in [1.807, 2.05) is 0 Å². The van der Waals surface area contributed by atoms with Crippen molar-refractivity contribution in [2.24, 2.45) is 0 Å². The fraction of sp³-hybridized carbons (Fsp3) is 0.571. The molecule has 1 aromatic carbocycles. The van der Waals surface area contributed by atoms with Crippen LogP contribution in [0, 0.1) is 0 Å². The van der Waals surface area contributed by atoms with Crippen molar-refractivity contribution in [3.63, 3.8) is 0 Å². The molecule has 4 rings (SSSR count). The van der Waals surface area contributed by atoms with E-state index < -0.39 is 0 Å². The molecule has 3 aliphatic heterocycles. The zero-order valence-electron chi connectivity index (χ0n) is 19.2. The van der Waals surface area contributed by atoms with Crippen LogP contribution in [0.2, 0.25) is 0 Å². The molecule has 3 unspecified atom stereocenters. The van der Waals surface area contributed by atoms with Crippen molar-refractivity contribution in [3.8, 4) is 0 Å². The van der Waals surface area contributed by atoms with E-state index >= 15 is 0 Å². The summed E-state index contributed by atoms with van der Waals surface area (Å²) in [5.41, 5.74) is 0. The van der Waals surface area contributed by atoms with E-state index in [4.69, 9.17) is 50.9 Å². The highest BCUT2D eigenvalue weighted by Crippen LogP contribution is 2.44. The molecule has 1 aromatic rings. The van der Waals surface area contributed by atoms with Gasteiger partial charge in [0.25, 0.3) is 0 Å². The molecule has 3 heterocycles. The average Bonchev–Trinajstić information content (AvgIpc) is 2.94. The van der Waals surface area contributed by atoms with Crippen LogP contribution in [0.5, 0.6) is 0 Å². The molecule has 0 aliphatic carbocycles. The second-order valence-corrected chi connectivity index (χ2v) is 16.6. The van der Waals surface area contributed by atoms with Gasteiger partial charge in [-0.15, -0.1) is 0 Å². The Balaban J connectivity index is 1.38. The minimum atomic E-state index is -0.0354. The lowest BCUT2D eigenvalue weighted by Gasteiger charge is -2.24. The predicted molar refractivity (Wildman–Crippen MR) is 172 cm³/mol. The molecule has 0 aromatic heterocycles. The van der Waals surface area contributed by atoms with E-state index in [1.54, 1.807) is 64.8 Å². The number of benzene rings is 1. The molecule has 198 valence electrons. The highest BCUT2D eigenvalue weighted by atomic mass is 33.1. The molecular weight excluding hydrogens is 631 g/mol. The molecule has 3 saturated heterocycles. The first kappa shape index (κ1) is 30.3. The van der Waals surface area contributed by atoms with Crippen LogP contribution in [0.1, 0.15) is 0 Å². The summed E-state index contributed by atoms with van der Waals surface area (Å²) < 4.78 is 20.0. The van der Waals surface area contributed by atoms with Gasteiger partial charge >= 0.3 is 0 Å². The Bertz CT molecular complexity index is 781. The van der Waals surface area contributed by atoms with E-state index in [2.05, 4.69) is 34.1 Å². The second kappa shape index (κ2) is 16.6. The maximum atomic E-state index is 5.81. The molecule has 3 aliphatic rings. The topological polar surface area (TPSA) is 63.8 Å². The van der Waals surface area contributed by atoms with Gasteiger partial charge < -0.3 is 30.2 Å². The van der Waals surface area contributed by atoms with Crippen molar-refractivity contribution >= 4 is 114 Å². The first-order valence-corrected chi connectivity index (χ1v) is 19.0. The summed E-state index contributed by atoms with van der Waals surface area (Å²) in [5.74, 6) is 0. The number of nitrogens with one attached hydrogen (secondary N) is 3.